The number of aromatic nitrogens is 1. The highest BCUT2D eigenvalue weighted by Gasteiger charge is 2.39. The third-order valence-electron chi connectivity index (χ3n) is 1.57. The van der Waals surface area contributed by atoms with Gasteiger partial charge in [-0.2, -0.15) is 13.2 Å². The van der Waals surface area contributed by atoms with Crippen LogP contribution in [0.4, 0.5) is 19.0 Å². The molecule has 0 radical (unpaired) electrons. The molecule has 0 aromatic carbocycles. The number of rotatable bonds is 2. The van der Waals surface area contributed by atoms with Gasteiger partial charge in [-0.1, -0.05) is 15.9 Å². The van der Waals surface area contributed by atoms with E-state index in [9.17, 15) is 18.0 Å². The molecule has 0 saturated carbocycles. The Kier molecular flexibility index (Phi) is 4.31. The molecule has 8 heteroatoms. The van der Waals surface area contributed by atoms with Crippen LogP contribution in [0, 0.1) is 0 Å². The highest BCUT2D eigenvalue weighted by atomic mass is 79.9. The zero-order valence-electron chi connectivity index (χ0n) is 7.61. The van der Waals surface area contributed by atoms with Gasteiger partial charge in [0.15, 0.2) is 0 Å². The van der Waals surface area contributed by atoms with Crippen molar-refractivity contribution in [2.24, 2.45) is 0 Å². The molecule has 1 aromatic heterocycles. The Morgan fingerprint density at radius 2 is 2.12 bits per heavy atom. The van der Waals surface area contributed by atoms with Crippen molar-refractivity contribution in [3.8, 4) is 0 Å². The summed E-state index contributed by atoms with van der Waals surface area (Å²) in [5, 5.41) is 1.99. The minimum absolute atomic E-state index is 0.109. The lowest BCUT2D eigenvalue weighted by Gasteiger charge is -2.10. The van der Waals surface area contributed by atoms with E-state index in [0.717, 1.165) is 0 Å². The maximum absolute atomic E-state index is 12.0. The zero-order valence-corrected chi connectivity index (χ0v) is 10.8. The Balaban J connectivity index is 2.93. The van der Waals surface area contributed by atoms with Gasteiger partial charge in [-0.05, 0) is 22.0 Å². The lowest BCUT2D eigenvalue weighted by Crippen LogP contribution is -2.30. The average Bonchev–Trinajstić information content (AvgIpc) is 2.19. The molecule has 1 aromatic rings. The zero-order chi connectivity index (χ0) is 12.3. The van der Waals surface area contributed by atoms with Crippen molar-refractivity contribution in [3.05, 3.63) is 22.3 Å². The summed E-state index contributed by atoms with van der Waals surface area (Å²) in [6.45, 7) is 0. The number of carbonyl (C=O) groups is 1. The molecule has 1 amide bonds. The molecule has 0 unspecified atom stereocenters. The van der Waals surface area contributed by atoms with E-state index in [1.165, 1.54) is 6.20 Å². The number of nitrogens with one attached hydrogen (secondary N) is 1. The standard InChI is InChI=1S/C8H5Br2F3N2O/c9-2-4-1-5(10)3-14-6(4)15-7(16)8(11,12)13/h1,3H,2H2,(H,14,15,16). The van der Waals surface area contributed by atoms with E-state index in [4.69, 9.17) is 0 Å². The molecular formula is C8H5Br2F3N2O. The number of halogens is 5. The van der Waals surface area contributed by atoms with E-state index in [2.05, 4.69) is 36.8 Å². The van der Waals surface area contributed by atoms with E-state index in [1.807, 2.05) is 0 Å². The summed E-state index contributed by atoms with van der Waals surface area (Å²) < 4.78 is 36.6. The van der Waals surface area contributed by atoms with Crippen molar-refractivity contribution < 1.29 is 18.0 Å². The topological polar surface area (TPSA) is 42.0 Å². The van der Waals surface area contributed by atoms with Gasteiger partial charge in [-0.3, -0.25) is 4.79 Å². The summed E-state index contributed by atoms with van der Waals surface area (Å²) in [5.41, 5.74) is 0.451. The molecule has 88 valence electrons. The van der Waals surface area contributed by atoms with Crippen LogP contribution in [0.25, 0.3) is 0 Å². The average molecular weight is 362 g/mol. The van der Waals surface area contributed by atoms with Gasteiger partial charge < -0.3 is 5.32 Å². The van der Waals surface area contributed by atoms with Crippen LogP contribution in [0.1, 0.15) is 5.56 Å². The molecule has 1 N–H and O–H groups in total. The fourth-order valence-electron chi connectivity index (χ4n) is 0.874. The van der Waals surface area contributed by atoms with Crippen LogP contribution in [0.3, 0.4) is 0 Å². The first-order valence-electron chi connectivity index (χ1n) is 3.93. The van der Waals surface area contributed by atoms with Gasteiger partial charge in [-0.15, -0.1) is 0 Å². The molecule has 0 aliphatic heterocycles. The first-order valence-corrected chi connectivity index (χ1v) is 5.84. The summed E-state index contributed by atoms with van der Waals surface area (Å²) >= 11 is 6.21. The number of hydrogen-bond donors (Lipinski definition) is 1. The third-order valence-corrected chi connectivity index (χ3v) is 2.60. The van der Waals surface area contributed by atoms with Gasteiger partial charge in [-0.25, -0.2) is 4.98 Å². The fourth-order valence-corrected chi connectivity index (χ4v) is 1.68. The van der Waals surface area contributed by atoms with Crippen LogP contribution >= 0.6 is 31.9 Å². The first-order chi connectivity index (χ1) is 7.34. The summed E-state index contributed by atoms with van der Waals surface area (Å²) in [5.74, 6) is -2.15. The molecule has 0 aliphatic rings. The van der Waals surface area contributed by atoms with Crippen molar-refractivity contribution in [3.63, 3.8) is 0 Å². The highest BCUT2D eigenvalue weighted by molar-refractivity contribution is 9.10. The maximum Gasteiger partial charge on any atom is 0.471 e. The van der Waals surface area contributed by atoms with Crippen molar-refractivity contribution in [1.82, 2.24) is 4.98 Å². The molecule has 3 nitrogen and oxygen atoms in total. The molecule has 0 saturated heterocycles. The molecular weight excluding hydrogens is 357 g/mol. The Bertz CT molecular complexity index is 409. The van der Waals surface area contributed by atoms with Crippen LogP contribution in [0.2, 0.25) is 0 Å². The summed E-state index contributed by atoms with van der Waals surface area (Å²) in [6.07, 6.45) is -3.61. The number of alkyl halides is 4. The lowest BCUT2D eigenvalue weighted by molar-refractivity contribution is -0.167. The van der Waals surface area contributed by atoms with E-state index in [1.54, 1.807) is 11.4 Å². The Labute approximate surface area is 106 Å². The third kappa shape index (κ3) is 3.44. The molecule has 0 bridgehead atoms. The monoisotopic (exact) mass is 360 g/mol. The predicted octanol–water partition coefficient (Wildman–Crippen LogP) is 3.24. The van der Waals surface area contributed by atoms with Crippen molar-refractivity contribution >= 4 is 43.6 Å². The minimum atomic E-state index is -4.92. The maximum atomic E-state index is 12.0. The summed E-state index contributed by atoms with van der Waals surface area (Å²) in [6, 6.07) is 1.56. The van der Waals surface area contributed by atoms with Crippen LogP contribution in [0.5, 0.6) is 0 Å². The summed E-state index contributed by atoms with van der Waals surface area (Å²) in [4.78, 5) is 14.4. The van der Waals surface area contributed by atoms with E-state index in [0.29, 0.717) is 10.0 Å². The van der Waals surface area contributed by atoms with Gasteiger partial charge in [0, 0.05) is 21.6 Å². The van der Waals surface area contributed by atoms with E-state index >= 15 is 0 Å². The second kappa shape index (κ2) is 5.13. The van der Waals surface area contributed by atoms with Crippen LogP contribution < -0.4 is 5.32 Å². The largest absolute Gasteiger partial charge is 0.471 e. The molecule has 0 spiro atoms. The number of amides is 1. The van der Waals surface area contributed by atoms with Crippen LogP contribution in [0.15, 0.2) is 16.7 Å². The quantitative estimate of drug-likeness (QED) is 0.821. The molecule has 1 rings (SSSR count). The minimum Gasteiger partial charge on any atom is -0.303 e. The predicted molar refractivity (Wildman–Crippen MR) is 59.3 cm³/mol. The Morgan fingerprint density at radius 1 is 1.50 bits per heavy atom. The fraction of sp³-hybridized carbons (Fsp3) is 0.250. The van der Waals surface area contributed by atoms with Crippen molar-refractivity contribution in [2.45, 2.75) is 11.5 Å². The normalized spacial score (nSPS) is 11.3. The molecule has 16 heavy (non-hydrogen) atoms. The second-order valence-electron chi connectivity index (χ2n) is 2.75. The number of hydrogen-bond acceptors (Lipinski definition) is 2. The number of anilines is 1. The van der Waals surface area contributed by atoms with Gasteiger partial charge in [0.1, 0.15) is 5.82 Å². The molecule has 0 aliphatic carbocycles. The molecule has 0 atom stereocenters. The second-order valence-corrected chi connectivity index (χ2v) is 4.22. The van der Waals surface area contributed by atoms with Crippen LogP contribution in [-0.4, -0.2) is 17.1 Å². The van der Waals surface area contributed by atoms with Gasteiger partial charge >= 0.3 is 12.1 Å². The first kappa shape index (κ1) is 13.4. The van der Waals surface area contributed by atoms with Crippen molar-refractivity contribution in [2.75, 3.05) is 5.32 Å². The molecule has 0 fully saturated rings. The van der Waals surface area contributed by atoms with E-state index < -0.39 is 12.1 Å². The van der Waals surface area contributed by atoms with Crippen molar-refractivity contribution in [1.29, 1.82) is 0 Å². The SMILES string of the molecule is O=C(Nc1ncc(Br)cc1CBr)C(F)(F)F. The van der Waals surface area contributed by atoms with Gasteiger partial charge in [0.25, 0.3) is 0 Å². The lowest BCUT2D eigenvalue weighted by atomic mass is 10.3. The number of carbonyl (C=O) groups excluding carboxylic acids is 1. The van der Waals surface area contributed by atoms with Gasteiger partial charge in [0.05, 0.1) is 0 Å². The molecule has 1 heterocycles. The van der Waals surface area contributed by atoms with E-state index in [-0.39, 0.29) is 11.1 Å². The Morgan fingerprint density at radius 3 is 2.62 bits per heavy atom. The number of pyridine rings is 1. The highest BCUT2D eigenvalue weighted by Crippen LogP contribution is 2.23. The smallest absolute Gasteiger partial charge is 0.303 e. The van der Waals surface area contributed by atoms with Gasteiger partial charge in [0.2, 0.25) is 0 Å². The Hall–Kier alpha value is -0.630. The number of nitrogens with zero attached hydrogens (tertiary/aromatic N) is 1. The van der Waals surface area contributed by atoms with Crippen LogP contribution in [-0.2, 0) is 10.1 Å². The summed E-state index contributed by atoms with van der Waals surface area (Å²) in [7, 11) is 0.